The highest BCUT2D eigenvalue weighted by atomic mass is 35.5. The van der Waals surface area contributed by atoms with Crippen molar-refractivity contribution < 1.29 is 9.66 Å². The Kier molecular flexibility index (Phi) is 4.70. The standard InChI is InChI=1S/C13H8Cl3NO3/c14-9-3-1-8(2-4-9)7-20-11-6-5-10(17(18)19)12(15)13(11)16/h1-6H,7H2. The molecule has 0 radical (unpaired) electrons. The van der Waals surface area contributed by atoms with E-state index in [1.165, 1.54) is 12.1 Å². The average molecular weight is 333 g/mol. The van der Waals surface area contributed by atoms with Gasteiger partial charge in [0.1, 0.15) is 22.4 Å². The monoisotopic (exact) mass is 331 g/mol. The summed E-state index contributed by atoms with van der Waals surface area (Å²) >= 11 is 17.6. The Morgan fingerprint density at radius 2 is 1.65 bits per heavy atom. The van der Waals surface area contributed by atoms with E-state index in [-0.39, 0.29) is 28.1 Å². The van der Waals surface area contributed by atoms with Gasteiger partial charge in [0.2, 0.25) is 0 Å². The van der Waals surface area contributed by atoms with Gasteiger partial charge in [0.25, 0.3) is 5.69 Å². The predicted octanol–water partition coefficient (Wildman–Crippen LogP) is 5.13. The third kappa shape index (κ3) is 3.33. The van der Waals surface area contributed by atoms with E-state index in [0.29, 0.717) is 5.02 Å². The zero-order valence-corrected chi connectivity index (χ0v) is 12.2. The predicted molar refractivity (Wildman–Crippen MR) is 78.9 cm³/mol. The first kappa shape index (κ1) is 14.9. The number of hydrogen-bond acceptors (Lipinski definition) is 3. The van der Waals surface area contributed by atoms with Crippen LogP contribution in [0.25, 0.3) is 0 Å². The van der Waals surface area contributed by atoms with Crippen LogP contribution in [-0.4, -0.2) is 4.92 Å². The first-order valence-electron chi connectivity index (χ1n) is 5.48. The largest absolute Gasteiger partial charge is 0.487 e. The molecule has 0 spiro atoms. The van der Waals surface area contributed by atoms with Gasteiger partial charge in [-0.3, -0.25) is 10.1 Å². The van der Waals surface area contributed by atoms with Crippen LogP contribution >= 0.6 is 34.8 Å². The first-order valence-corrected chi connectivity index (χ1v) is 6.62. The van der Waals surface area contributed by atoms with Gasteiger partial charge in [-0.05, 0) is 23.8 Å². The molecule has 0 aliphatic rings. The summed E-state index contributed by atoms with van der Waals surface area (Å²) in [5.41, 5.74) is 0.635. The summed E-state index contributed by atoms with van der Waals surface area (Å²) in [7, 11) is 0. The third-order valence-electron chi connectivity index (χ3n) is 2.53. The highest BCUT2D eigenvalue weighted by Crippen LogP contribution is 2.38. The second-order valence-corrected chi connectivity index (χ2v) is 5.08. The van der Waals surface area contributed by atoms with Crippen molar-refractivity contribution in [3.05, 3.63) is 67.1 Å². The van der Waals surface area contributed by atoms with Crippen molar-refractivity contribution >= 4 is 40.5 Å². The minimum atomic E-state index is -0.600. The highest BCUT2D eigenvalue weighted by molar-refractivity contribution is 6.44. The molecule has 0 aliphatic heterocycles. The first-order chi connectivity index (χ1) is 9.49. The molecule has 0 aromatic heterocycles. The molecule has 2 rings (SSSR count). The molecule has 0 amide bonds. The van der Waals surface area contributed by atoms with Gasteiger partial charge in [0.05, 0.1) is 4.92 Å². The molecule has 0 unspecified atom stereocenters. The summed E-state index contributed by atoms with van der Waals surface area (Å²) in [4.78, 5) is 10.1. The normalized spacial score (nSPS) is 10.3. The zero-order chi connectivity index (χ0) is 14.7. The Bertz CT molecular complexity index is 644. The smallest absolute Gasteiger partial charge is 0.289 e. The second kappa shape index (κ2) is 6.31. The van der Waals surface area contributed by atoms with E-state index in [4.69, 9.17) is 39.5 Å². The summed E-state index contributed by atoms with van der Waals surface area (Å²) in [5.74, 6) is 0.289. The lowest BCUT2D eigenvalue weighted by atomic mass is 10.2. The topological polar surface area (TPSA) is 52.4 Å². The third-order valence-corrected chi connectivity index (χ3v) is 3.64. The van der Waals surface area contributed by atoms with E-state index in [1.54, 1.807) is 12.1 Å². The lowest BCUT2D eigenvalue weighted by Crippen LogP contribution is -1.97. The number of nitro groups is 1. The van der Waals surface area contributed by atoms with E-state index in [2.05, 4.69) is 0 Å². The van der Waals surface area contributed by atoms with Crippen LogP contribution in [0, 0.1) is 10.1 Å². The molecule has 0 aliphatic carbocycles. The van der Waals surface area contributed by atoms with Crippen molar-refractivity contribution in [2.45, 2.75) is 6.61 Å². The fraction of sp³-hybridized carbons (Fsp3) is 0.0769. The van der Waals surface area contributed by atoms with Gasteiger partial charge in [-0.15, -0.1) is 0 Å². The Morgan fingerprint density at radius 1 is 1.00 bits per heavy atom. The molecule has 0 fully saturated rings. The molecule has 2 aromatic rings. The molecule has 4 nitrogen and oxygen atoms in total. The highest BCUT2D eigenvalue weighted by Gasteiger charge is 2.18. The Balaban J connectivity index is 2.16. The number of hydrogen-bond donors (Lipinski definition) is 0. The van der Waals surface area contributed by atoms with E-state index in [0.717, 1.165) is 5.56 Å². The summed E-state index contributed by atoms with van der Waals surface area (Å²) in [6, 6.07) is 9.77. The number of ether oxygens (including phenoxy) is 1. The van der Waals surface area contributed by atoms with Gasteiger partial charge < -0.3 is 4.74 Å². The Morgan fingerprint density at radius 3 is 2.25 bits per heavy atom. The Labute approximate surface area is 130 Å². The quantitative estimate of drug-likeness (QED) is 0.576. The van der Waals surface area contributed by atoms with Crippen LogP contribution in [0.15, 0.2) is 36.4 Å². The number of halogens is 3. The van der Waals surface area contributed by atoms with Crippen molar-refractivity contribution in [3.63, 3.8) is 0 Å². The van der Waals surface area contributed by atoms with Crippen molar-refractivity contribution in [3.8, 4) is 5.75 Å². The van der Waals surface area contributed by atoms with Gasteiger partial charge in [0.15, 0.2) is 0 Å². The number of nitrogens with zero attached hydrogens (tertiary/aromatic N) is 1. The lowest BCUT2D eigenvalue weighted by molar-refractivity contribution is -0.384. The fourth-order valence-electron chi connectivity index (χ4n) is 1.52. The second-order valence-electron chi connectivity index (χ2n) is 3.88. The molecule has 104 valence electrons. The zero-order valence-electron chi connectivity index (χ0n) is 9.98. The number of rotatable bonds is 4. The molecule has 20 heavy (non-hydrogen) atoms. The lowest BCUT2D eigenvalue weighted by Gasteiger charge is -2.09. The molecule has 0 bridgehead atoms. The van der Waals surface area contributed by atoms with Crippen LogP contribution in [0.3, 0.4) is 0 Å². The molecule has 7 heteroatoms. The Hall–Kier alpha value is -1.49. The minimum absolute atomic E-state index is 0.0230. The van der Waals surface area contributed by atoms with Crippen LogP contribution in [-0.2, 0) is 6.61 Å². The van der Waals surface area contributed by atoms with Gasteiger partial charge in [0, 0.05) is 11.1 Å². The summed E-state index contributed by atoms with van der Waals surface area (Å²) in [5, 5.41) is 11.2. The van der Waals surface area contributed by atoms with Gasteiger partial charge in [-0.2, -0.15) is 0 Å². The molecule has 0 N–H and O–H groups in total. The van der Waals surface area contributed by atoms with Crippen LogP contribution in [0.2, 0.25) is 15.1 Å². The van der Waals surface area contributed by atoms with Gasteiger partial charge >= 0.3 is 0 Å². The van der Waals surface area contributed by atoms with Crippen molar-refractivity contribution in [1.29, 1.82) is 0 Å². The number of benzene rings is 2. The van der Waals surface area contributed by atoms with Crippen molar-refractivity contribution in [1.82, 2.24) is 0 Å². The minimum Gasteiger partial charge on any atom is -0.487 e. The fourth-order valence-corrected chi connectivity index (χ4v) is 2.08. The number of nitro benzene ring substituents is 1. The molecule has 0 saturated carbocycles. The van der Waals surface area contributed by atoms with Gasteiger partial charge in [-0.1, -0.05) is 46.9 Å². The van der Waals surface area contributed by atoms with E-state index < -0.39 is 4.92 Å². The van der Waals surface area contributed by atoms with Crippen molar-refractivity contribution in [2.75, 3.05) is 0 Å². The maximum absolute atomic E-state index is 10.7. The maximum atomic E-state index is 10.7. The van der Waals surface area contributed by atoms with Crippen LogP contribution < -0.4 is 4.74 Å². The maximum Gasteiger partial charge on any atom is 0.289 e. The molecule has 0 heterocycles. The molecule has 0 saturated heterocycles. The van der Waals surface area contributed by atoms with Crippen LogP contribution in [0.1, 0.15) is 5.56 Å². The van der Waals surface area contributed by atoms with Crippen LogP contribution in [0.4, 0.5) is 5.69 Å². The van der Waals surface area contributed by atoms with Gasteiger partial charge in [-0.25, -0.2) is 0 Å². The van der Waals surface area contributed by atoms with Crippen molar-refractivity contribution in [2.24, 2.45) is 0 Å². The van der Waals surface area contributed by atoms with E-state index in [9.17, 15) is 10.1 Å². The SMILES string of the molecule is O=[N+]([O-])c1ccc(OCc2ccc(Cl)cc2)c(Cl)c1Cl. The molecule has 2 aromatic carbocycles. The summed E-state index contributed by atoms with van der Waals surface area (Å²) in [6.07, 6.45) is 0. The molecular weight excluding hydrogens is 325 g/mol. The summed E-state index contributed by atoms with van der Waals surface area (Å²) in [6.45, 7) is 0.255. The average Bonchev–Trinajstić information content (AvgIpc) is 2.42. The van der Waals surface area contributed by atoms with E-state index in [1.807, 2.05) is 12.1 Å². The molecular formula is C13H8Cl3NO3. The summed E-state index contributed by atoms with van der Waals surface area (Å²) < 4.78 is 5.50. The molecule has 0 atom stereocenters. The van der Waals surface area contributed by atoms with Crippen LogP contribution in [0.5, 0.6) is 5.75 Å². The van der Waals surface area contributed by atoms with E-state index >= 15 is 0 Å².